The summed E-state index contributed by atoms with van der Waals surface area (Å²) in [6, 6.07) is 11.1. The first-order valence-electron chi connectivity index (χ1n) is 7.50. The molecule has 0 saturated heterocycles. The van der Waals surface area contributed by atoms with Crippen molar-refractivity contribution in [2.75, 3.05) is 0 Å². The van der Waals surface area contributed by atoms with Crippen molar-refractivity contribution >= 4 is 5.97 Å². The van der Waals surface area contributed by atoms with Gasteiger partial charge < -0.3 is 9.67 Å². The summed E-state index contributed by atoms with van der Waals surface area (Å²) in [5.74, 6) is -0.939. The molecule has 0 bridgehead atoms. The van der Waals surface area contributed by atoms with Crippen molar-refractivity contribution in [3.63, 3.8) is 0 Å². The van der Waals surface area contributed by atoms with E-state index < -0.39 is 11.5 Å². The number of aromatic nitrogens is 1. The molecule has 0 atom stereocenters. The Balaban J connectivity index is 2.61. The van der Waals surface area contributed by atoms with Gasteiger partial charge in [0.15, 0.2) is 0 Å². The molecule has 0 saturated carbocycles. The highest BCUT2D eigenvalue weighted by atomic mass is 16.4. The Kier molecular flexibility index (Phi) is 4.81. The largest absolute Gasteiger partial charge is 0.477 e. The Morgan fingerprint density at radius 2 is 1.77 bits per heavy atom. The summed E-state index contributed by atoms with van der Waals surface area (Å²) in [4.78, 5) is 23.6. The van der Waals surface area contributed by atoms with Crippen molar-refractivity contribution < 1.29 is 9.90 Å². The Hall–Kier alpha value is -2.36. The second kappa shape index (κ2) is 6.60. The summed E-state index contributed by atoms with van der Waals surface area (Å²) in [5, 5.41) is 9.14. The molecule has 0 amide bonds. The third kappa shape index (κ3) is 3.27. The van der Waals surface area contributed by atoms with Crippen LogP contribution in [-0.2, 0) is 13.0 Å². The van der Waals surface area contributed by atoms with Gasteiger partial charge in [0.25, 0.3) is 5.56 Å². The first kappa shape index (κ1) is 16.0. The average molecular weight is 299 g/mol. The van der Waals surface area contributed by atoms with Crippen LogP contribution in [0.25, 0.3) is 11.3 Å². The molecule has 22 heavy (non-hydrogen) atoms. The zero-order chi connectivity index (χ0) is 16.3. The maximum absolute atomic E-state index is 12.4. The fraction of sp³-hybridized carbons (Fsp3) is 0.333. The summed E-state index contributed by atoms with van der Waals surface area (Å²) in [5.41, 5.74) is 2.27. The molecule has 1 heterocycles. The van der Waals surface area contributed by atoms with Gasteiger partial charge in [-0.3, -0.25) is 4.79 Å². The molecule has 0 fully saturated rings. The van der Waals surface area contributed by atoms with Crippen molar-refractivity contribution in [3.05, 3.63) is 57.9 Å². The number of nitrogens with zero attached hydrogens (tertiary/aromatic N) is 1. The highest BCUT2D eigenvalue weighted by Crippen LogP contribution is 2.20. The summed E-state index contributed by atoms with van der Waals surface area (Å²) >= 11 is 0. The van der Waals surface area contributed by atoms with Gasteiger partial charge in [-0.2, -0.15) is 0 Å². The number of benzene rings is 1. The molecule has 2 rings (SSSR count). The lowest BCUT2D eigenvalue weighted by Gasteiger charge is -2.16. The monoisotopic (exact) mass is 299 g/mol. The van der Waals surface area contributed by atoms with Gasteiger partial charge in [-0.25, -0.2) is 4.79 Å². The minimum atomic E-state index is -1.18. The van der Waals surface area contributed by atoms with Crippen LogP contribution >= 0.6 is 0 Å². The summed E-state index contributed by atoms with van der Waals surface area (Å²) in [7, 11) is 0. The van der Waals surface area contributed by atoms with E-state index in [1.54, 1.807) is 10.6 Å². The third-order valence-corrected chi connectivity index (χ3v) is 3.61. The second-order valence-corrected chi connectivity index (χ2v) is 5.80. The van der Waals surface area contributed by atoms with Gasteiger partial charge in [0.2, 0.25) is 0 Å². The van der Waals surface area contributed by atoms with Gasteiger partial charge in [0.1, 0.15) is 5.56 Å². The van der Waals surface area contributed by atoms with Crippen LogP contribution < -0.4 is 5.56 Å². The minimum absolute atomic E-state index is 0.186. The van der Waals surface area contributed by atoms with Crippen molar-refractivity contribution in [2.45, 2.75) is 33.7 Å². The predicted octanol–water partition coefficient (Wildman–Crippen LogP) is 3.43. The Bertz CT molecular complexity index is 727. The number of hydrogen-bond acceptors (Lipinski definition) is 2. The molecule has 1 aromatic carbocycles. The summed E-state index contributed by atoms with van der Waals surface area (Å²) in [6.07, 6.45) is 0.955. The van der Waals surface area contributed by atoms with Crippen molar-refractivity contribution in [1.82, 2.24) is 4.57 Å². The lowest BCUT2D eigenvalue weighted by Crippen LogP contribution is -2.29. The molecular weight excluding hydrogens is 278 g/mol. The normalized spacial score (nSPS) is 10.9. The van der Waals surface area contributed by atoms with Crippen LogP contribution in [0.5, 0.6) is 0 Å². The summed E-state index contributed by atoms with van der Waals surface area (Å²) < 4.78 is 1.56. The zero-order valence-corrected chi connectivity index (χ0v) is 13.2. The Morgan fingerprint density at radius 3 is 2.27 bits per heavy atom. The lowest BCUT2D eigenvalue weighted by atomic mass is 10.1. The number of hydrogen-bond donors (Lipinski definition) is 1. The van der Waals surface area contributed by atoms with Crippen molar-refractivity contribution in [1.29, 1.82) is 0 Å². The van der Waals surface area contributed by atoms with E-state index in [0.29, 0.717) is 6.54 Å². The number of rotatable bonds is 5. The van der Waals surface area contributed by atoms with Gasteiger partial charge in [0, 0.05) is 6.54 Å². The molecule has 0 unspecified atom stereocenters. The zero-order valence-electron chi connectivity index (χ0n) is 13.2. The average Bonchev–Trinajstić information content (AvgIpc) is 2.48. The molecule has 4 nitrogen and oxygen atoms in total. The number of aromatic carboxylic acids is 1. The highest BCUT2D eigenvalue weighted by molar-refractivity contribution is 5.87. The molecule has 4 heteroatoms. The van der Waals surface area contributed by atoms with Crippen LogP contribution in [0.3, 0.4) is 0 Å². The van der Waals surface area contributed by atoms with Gasteiger partial charge in [-0.1, -0.05) is 45.0 Å². The molecule has 0 aliphatic carbocycles. The molecule has 2 aromatic rings. The fourth-order valence-electron chi connectivity index (χ4n) is 2.45. The highest BCUT2D eigenvalue weighted by Gasteiger charge is 2.15. The number of carbonyl (C=O) groups is 1. The standard InChI is InChI=1S/C18H21NO3/c1-4-13-5-7-14(8-6-13)16-10-9-15(18(21)22)17(20)19(16)11-12(2)3/h5-10,12H,4,11H2,1-3H3,(H,21,22). The van der Waals surface area contributed by atoms with E-state index in [4.69, 9.17) is 5.11 Å². The number of carboxylic acid groups (broad SMARTS) is 1. The van der Waals surface area contributed by atoms with E-state index in [-0.39, 0.29) is 11.5 Å². The van der Waals surface area contributed by atoms with E-state index in [1.165, 1.54) is 11.6 Å². The van der Waals surface area contributed by atoms with Gasteiger partial charge in [0.05, 0.1) is 5.69 Å². The van der Waals surface area contributed by atoms with E-state index in [2.05, 4.69) is 6.92 Å². The first-order valence-corrected chi connectivity index (χ1v) is 7.50. The van der Waals surface area contributed by atoms with Crippen LogP contribution in [0.15, 0.2) is 41.2 Å². The van der Waals surface area contributed by atoms with Gasteiger partial charge in [-0.05, 0) is 35.6 Å². The maximum Gasteiger partial charge on any atom is 0.341 e. The first-order chi connectivity index (χ1) is 10.4. The van der Waals surface area contributed by atoms with Gasteiger partial charge >= 0.3 is 5.97 Å². The SMILES string of the molecule is CCc1ccc(-c2ccc(C(=O)O)c(=O)n2CC(C)C)cc1. The van der Waals surface area contributed by atoms with E-state index >= 15 is 0 Å². The predicted molar refractivity (Wildman–Crippen MR) is 87.3 cm³/mol. The van der Waals surface area contributed by atoms with Crippen LogP contribution in [-0.4, -0.2) is 15.6 Å². The minimum Gasteiger partial charge on any atom is -0.477 e. The quantitative estimate of drug-likeness (QED) is 0.920. The fourth-order valence-corrected chi connectivity index (χ4v) is 2.45. The molecular formula is C18H21NO3. The Labute approximate surface area is 130 Å². The molecule has 1 aromatic heterocycles. The molecule has 0 spiro atoms. The van der Waals surface area contributed by atoms with Crippen LogP contribution in [0.1, 0.15) is 36.7 Å². The maximum atomic E-state index is 12.4. The third-order valence-electron chi connectivity index (χ3n) is 3.61. The molecule has 0 aliphatic rings. The topological polar surface area (TPSA) is 59.3 Å². The van der Waals surface area contributed by atoms with Gasteiger partial charge in [-0.15, -0.1) is 0 Å². The van der Waals surface area contributed by atoms with E-state index in [1.807, 2.05) is 38.1 Å². The lowest BCUT2D eigenvalue weighted by molar-refractivity contribution is 0.0694. The number of aryl methyl sites for hydroxylation is 1. The number of pyridine rings is 1. The summed E-state index contributed by atoms with van der Waals surface area (Å²) in [6.45, 7) is 6.59. The van der Waals surface area contributed by atoms with E-state index in [9.17, 15) is 9.59 Å². The van der Waals surface area contributed by atoms with Crippen LogP contribution in [0.4, 0.5) is 0 Å². The van der Waals surface area contributed by atoms with Crippen LogP contribution in [0, 0.1) is 5.92 Å². The van der Waals surface area contributed by atoms with Crippen molar-refractivity contribution in [3.8, 4) is 11.3 Å². The molecule has 1 N–H and O–H groups in total. The molecule has 116 valence electrons. The Morgan fingerprint density at radius 1 is 1.14 bits per heavy atom. The molecule has 0 aliphatic heterocycles. The number of carboxylic acids is 1. The van der Waals surface area contributed by atoms with Crippen LogP contribution in [0.2, 0.25) is 0 Å². The second-order valence-electron chi connectivity index (χ2n) is 5.80. The van der Waals surface area contributed by atoms with Crippen molar-refractivity contribution in [2.24, 2.45) is 5.92 Å². The smallest absolute Gasteiger partial charge is 0.341 e. The van der Waals surface area contributed by atoms with E-state index in [0.717, 1.165) is 17.7 Å². The molecule has 0 radical (unpaired) electrons.